The maximum Gasteiger partial charge on any atom is 0.248 e. The van der Waals surface area contributed by atoms with Crippen LogP contribution in [0.1, 0.15) is 0 Å². The van der Waals surface area contributed by atoms with Crippen LogP contribution in [-0.4, -0.2) is 26.1 Å². The fourth-order valence-electron chi connectivity index (χ4n) is 1.97. The van der Waals surface area contributed by atoms with E-state index in [2.05, 4.69) is 20.7 Å². The maximum atomic E-state index is 13.1. The lowest BCUT2D eigenvalue weighted by molar-refractivity contribution is -0.117. The van der Waals surface area contributed by atoms with Gasteiger partial charge < -0.3 is 5.32 Å². The van der Waals surface area contributed by atoms with E-state index in [9.17, 15) is 13.6 Å². The number of hydrogen-bond donors (Lipinski definition) is 1. The molecule has 0 spiro atoms. The molecule has 0 atom stereocenters. The molecule has 1 amide bonds. The average Bonchev–Trinajstić information content (AvgIpc) is 2.95. The van der Waals surface area contributed by atoms with Crippen LogP contribution in [0.15, 0.2) is 48.5 Å². The standard InChI is InChI=1S/C15H11F2N5O/c16-11-6-12(17)8-13(7-11)18-14(23)9-22-20-15(19-21-22)10-4-2-1-3-5-10/h1-8H,9H2,(H,18,23). The van der Waals surface area contributed by atoms with Gasteiger partial charge in [0.2, 0.25) is 11.7 Å². The Kier molecular flexibility index (Phi) is 4.05. The second-order valence-electron chi connectivity index (χ2n) is 4.72. The van der Waals surface area contributed by atoms with Crippen LogP contribution in [0, 0.1) is 11.6 Å². The monoisotopic (exact) mass is 315 g/mol. The van der Waals surface area contributed by atoms with Crippen molar-refractivity contribution in [1.29, 1.82) is 0 Å². The highest BCUT2D eigenvalue weighted by atomic mass is 19.1. The molecule has 3 aromatic rings. The molecular weight excluding hydrogens is 304 g/mol. The Morgan fingerprint density at radius 1 is 1.09 bits per heavy atom. The van der Waals surface area contributed by atoms with Crippen molar-refractivity contribution in [3.63, 3.8) is 0 Å². The van der Waals surface area contributed by atoms with Crippen LogP contribution in [0.3, 0.4) is 0 Å². The molecule has 1 heterocycles. The minimum absolute atomic E-state index is 0.0240. The number of hydrogen-bond acceptors (Lipinski definition) is 4. The number of halogens is 2. The molecule has 0 radical (unpaired) electrons. The summed E-state index contributed by atoms with van der Waals surface area (Å²) >= 11 is 0. The number of tetrazole rings is 1. The fraction of sp³-hybridized carbons (Fsp3) is 0.0667. The van der Waals surface area contributed by atoms with Crippen LogP contribution in [0.4, 0.5) is 14.5 Å². The first-order valence-electron chi connectivity index (χ1n) is 6.69. The lowest BCUT2D eigenvalue weighted by Gasteiger charge is -2.04. The first-order valence-corrected chi connectivity index (χ1v) is 6.69. The number of anilines is 1. The molecule has 0 aliphatic rings. The van der Waals surface area contributed by atoms with Gasteiger partial charge in [0.05, 0.1) is 0 Å². The Morgan fingerprint density at radius 3 is 2.48 bits per heavy atom. The van der Waals surface area contributed by atoms with Crippen LogP contribution in [0.25, 0.3) is 11.4 Å². The summed E-state index contributed by atoms with van der Waals surface area (Å²) in [5.41, 5.74) is 0.794. The van der Waals surface area contributed by atoms with Gasteiger partial charge in [-0.3, -0.25) is 4.79 Å². The predicted octanol–water partition coefficient (Wildman–Crippen LogP) is 2.26. The largest absolute Gasteiger partial charge is 0.324 e. The first-order chi connectivity index (χ1) is 11.1. The minimum Gasteiger partial charge on any atom is -0.324 e. The second kappa shape index (κ2) is 6.30. The predicted molar refractivity (Wildman–Crippen MR) is 78.2 cm³/mol. The van der Waals surface area contributed by atoms with Gasteiger partial charge in [-0.25, -0.2) is 8.78 Å². The number of carbonyl (C=O) groups is 1. The van der Waals surface area contributed by atoms with Crippen molar-refractivity contribution in [2.75, 3.05) is 5.32 Å². The molecule has 0 aliphatic heterocycles. The van der Waals surface area contributed by atoms with Gasteiger partial charge in [0.15, 0.2) is 0 Å². The lowest BCUT2D eigenvalue weighted by Crippen LogP contribution is -2.20. The van der Waals surface area contributed by atoms with Gasteiger partial charge in [-0.15, -0.1) is 10.2 Å². The van der Waals surface area contributed by atoms with E-state index in [0.717, 1.165) is 28.6 Å². The molecule has 3 rings (SSSR count). The number of nitrogens with zero attached hydrogens (tertiary/aromatic N) is 4. The number of carbonyl (C=O) groups excluding carboxylic acids is 1. The Labute approximate surface area is 129 Å². The molecule has 0 unspecified atom stereocenters. The molecule has 0 saturated carbocycles. The van der Waals surface area contributed by atoms with E-state index in [1.807, 2.05) is 30.3 Å². The number of rotatable bonds is 4. The maximum absolute atomic E-state index is 13.1. The summed E-state index contributed by atoms with van der Waals surface area (Å²) in [7, 11) is 0. The van der Waals surface area contributed by atoms with Crippen LogP contribution >= 0.6 is 0 Å². The molecule has 2 aromatic carbocycles. The molecule has 6 nitrogen and oxygen atoms in total. The summed E-state index contributed by atoms with van der Waals surface area (Å²) in [6, 6.07) is 11.9. The molecule has 116 valence electrons. The van der Waals surface area contributed by atoms with E-state index in [0.29, 0.717) is 5.82 Å². The molecule has 0 aliphatic carbocycles. The minimum atomic E-state index is -0.773. The van der Waals surface area contributed by atoms with Crippen LogP contribution in [-0.2, 0) is 11.3 Å². The summed E-state index contributed by atoms with van der Waals surface area (Å²) in [6.45, 7) is -0.224. The summed E-state index contributed by atoms with van der Waals surface area (Å²) in [4.78, 5) is 13.0. The number of amides is 1. The van der Waals surface area contributed by atoms with E-state index >= 15 is 0 Å². The van der Waals surface area contributed by atoms with E-state index in [1.165, 1.54) is 0 Å². The van der Waals surface area contributed by atoms with Gasteiger partial charge in [-0.2, -0.15) is 4.80 Å². The highest BCUT2D eigenvalue weighted by Gasteiger charge is 2.10. The number of benzene rings is 2. The Bertz CT molecular complexity index is 815. The zero-order valence-electron chi connectivity index (χ0n) is 11.8. The third-order valence-electron chi connectivity index (χ3n) is 2.92. The van der Waals surface area contributed by atoms with E-state index in [4.69, 9.17) is 0 Å². The second-order valence-corrected chi connectivity index (χ2v) is 4.72. The van der Waals surface area contributed by atoms with Gasteiger partial charge in [-0.05, 0) is 17.3 Å². The molecule has 1 aromatic heterocycles. The van der Waals surface area contributed by atoms with Crippen molar-refractivity contribution in [3.8, 4) is 11.4 Å². The van der Waals surface area contributed by atoms with Crippen LogP contribution < -0.4 is 5.32 Å². The summed E-state index contributed by atoms with van der Waals surface area (Å²) < 4.78 is 26.1. The summed E-state index contributed by atoms with van der Waals surface area (Å²) in [6.07, 6.45) is 0. The lowest BCUT2D eigenvalue weighted by atomic mass is 10.2. The van der Waals surface area contributed by atoms with Crippen LogP contribution in [0.5, 0.6) is 0 Å². The van der Waals surface area contributed by atoms with Gasteiger partial charge >= 0.3 is 0 Å². The number of aromatic nitrogens is 4. The third kappa shape index (κ3) is 3.73. The van der Waals surface area contributed by atoms with Crippen molar-refractivity contribution >= 4 is 11.6 Å². The van der Waals surface area contributed by atoms with Gasteiger partial charge in [-0.1, -0.05) is 30.3 Å². The molecule has 23 heavy (non-hydrogen) atoms. The molecule has 8 heteroatoms. The highest BCUT2D eigenvalue weighted by Crippen LogP contribution is 2.13. The number of nitrogens with one attached hydrogen (secondary N) is 1. The quantitative estimate of drug-likeness (QED) is 0.801. The van der Waals surface area contributed by atoms with Crippen molar-refractivity contribution in [1.82, 2.24) is 20.2 Å². The molecule has 0 fully saturated rings. The zero-order valence-corrected chi connectivity index (χ0v) is 11.8. The molecular formula is C15H11F2N5O. The Hall–Kier alpha value is -3.16. The van der Waals surface area contributed by atoms with E-state index < -0.39 is 17.5 Å². The third-order valence-corrected chi connectivity index (χ3v) is 2.92. The topological polar surface area (TPSA) is 72.7 Å². The van der Waals surface area contributed by atoms with Gasteiger partial charge in [0.1, 0.15) is 18.2 Å². The Balaban J connectivity index is 1.68. The smallest absolute Gasteiger partial charge is 0.248 e. The molecule has 0 bridgehead atoms. The summed E-state index contributed by atoms with van der Waals surface area (Å²) in [5, 5.41) is 14.1. The molecule has 1 N–H and O–H groups in total. The van der Waals surface area contributed by atoms with Gasteiger partial charge in [0.25, 0.3) is 0 Å². The molecule has 0 saturated heterocycles. The van der Waals surface area contributed by atoms with Crippen molar-refractivity contribution in [2.45, 2.75) is 6.54 Å². The van der Waals surface area contributed by atoms with Crippen molar-refractivity contribution < 1.29 is 13.6 Å². The van der Waals surface area contributed by atoms with E-state index in [-0.39, 0.29) is 12.2 Å². The Morgan fingerprint density at radius 2 is 1.78 bits per heavy atom. The first kappa shape index (κ1) is 14.8. The zero-order chi connectivity index (χ0) is 16.2. The van der Waals surface area contributed by atoms with Crippen LogP contribution in [0.2, 0.25) is 0 Å². The van der Waals surface area contributed by atoms with E-state index in [1.54, 1.807) is 0 Å². The fourth-order valence-corrected chi connectivity index (χ4v) is 1.97. The summed E-state index contributed by atoms with van der Waals surface area (Å²) in [5.74, 6) is -1.68. The normalized spacial score (nSPS) is 10.5. The van der Waals surface area contributed by atoms with Crippen molar-refractivity contribution in [2.24, 2.45) is 0 Å². The van der Waals surface area contributed by atoms with Gasteiger partial charge in [0, 0.05) is 17.3 Å². The highest BCUT2D eigenvalue weighted by molar-refractivity contribution is 5.90. The SMILES string of the molecule is O=C(Cn1nnc(-c2ccccc2)n1)Nc1cc(F)cc(F)c1. The van der Waals surface area contributed by atoms with Crippen molar-refractivity contribution in [3.05, 3.63) is 60.2 Å². The average molecular weight is 315 g/mol.